The number of anilines is 2. The van der Waals surface area contributed by atoms with E-state index >= 15 is 0 Å². The SMILES string of the molecule is CCNC(=O)c1ccc(Nc2nc(-c3c(F)cccc3F)nc(C=O)c2C(=O)OCC)cc1. The van der Waals surface area contributed by atoms with Crippen molar-refractivity contribution in [3.63, 3.8) is 0 Å². The van der Waals surface area contributed by atoms with Crippen LogP contribution >= 0.6 is 0 Å². The summed E-state index contributed by atoms with van der Waals surface area (Å²) < 4.78 is 33.7. The highest BCUT2D eigenvalue weighted by atomic mass is 19.1. The van der Waals surface area contributed by atoms with E-state index in [1.807, 2.05) is 0 Å². The van der Waals surface area contributed by atoms with E-state index in [1.54, 1.807) is 26.0 Å². The molecule has 3 aromatic rings. The van der Waals surface area contributed by atoms with Gasteiger partial charge < -0.3 is 15.4 Å². The van der Waals surface area contributed by atoms with Crippen LogP contribution in [0.25, 0.3) is 11.4 Å². The molecular formula is C23H20F2N4O4. The van der Waals surface area contributed by atoms with Gasteiger partial charge in [-0.1, -0.05) is 6.07 Å². The van der Waals surface area contributed by atoms with Gasteiger partial charge in [0.05, 0.1) is 12.2 Å². The molecule has 33 heavy (non-hydrogen) atoms. The molecule has 0 fully saturated rings. The summed E-state index contributed by atoms with van der Waals surface area (Å²) in [4.78, 5) is 44.2. The number of halogens is 2. The lowest BCUT2D eigenvalue weighted by atomic mass is 10.1. The van der Waals surface area contributed by atoms with Crippen LogP contribution in [0.15, 0.2) is 42.5 Å². The molecule has 0 aliphatic carbocycles. The number of ether oxygens (including phenoxy) is 1. The zero-order chi connectivity index (χ0) is 24.0. The molecule has 3 rings (SSSR count). The van der Waals surface area contributed by atoms with Crippen LogP contribution in [0.4, 0.5) is 20.3 Å². The molecule has 0 saturated carbocycles. The number of rotatable bonds is 8. The van der Waals surface area contributed by atoms with Gasteiger partial charge in [0.25, 0.3) is 5.91 Å². The van der Waals surface area contributed by atoms with Crippen molar-refractivity contribution in [1.29, 1.82) is 0 Å². The van der Waals surface area contributed by atoms with E-state index in [-0.39, 0.29) is 30.2 Å². The third kappa shape index (κ3) is 5.17. The minimum Gasteiger partial charge on any atom is -0.462 e. The molecule has 0 aliphatic rings. The molecule has 0 unspecified atom stereocenters. The van der Waals surface area contributed by atoms with E-state index in [0.29, 0.717) is 17.8 Å². The largest absolute Gasteiger partial charge is 0.462 e. The number of nitrogens with one attached hydrogen (secondary N) is 2. The molecule has 0 atom stereocenters. The van der Waals surface area contributed by atoms with Crippen molar-refractivity contribution in [3.8, 4) is 11.4 Å². The summed E-state index contributed by atoms with van der Waals surface area (Å²) in [6.07, 6.45) is 0.277. The smallest absolute Gasteiger partial charge is 0.344 e. The second-order valence-corrected chi connectivity index (χ2v) is 6.65. The molecule has 0 bridgehead atoms. The lowest BCUT2D eigenvalue weighted by Crippen LogP contribution is -2.22. The van der Waals surface area contributed by atoms with E-state index in [1.165, 1.54) is 18.2 Å². The van der Waals surface area contributed by atoms with Gasteiger partial charge in [0.2, 0.25) is 0 Å². The summed E-state index contributed by atoms with van der Waals surface area (Å²) in [5.41, 5.74) is -0.448. The second kappa shape index (κ2) is 10.4. The van der Waals surface area contributed by atoms with Crippen molar-refractivity contribution >= 4 is 29.7 Å². The van der Waals surface area contributed by atoms with Crippen LogP contribution in [0.3, 0.4) is 0 Å². The fourth-order valence-electron chi connectivity index (χ4n) is 2.99. The predicted octanol–water partition coefficient (Wildman–Crippen LogP) is 3.90. The molecule has 0 radical (unpaired) electrons. The van der Waals surface area contributed by atoms with Gasteiger partial charge in [0.1, 0.15) is 28.7 Å². The first-order valence-corrected chi connectivity index (χ1v) is 10.0. The summed E-state index contributed by atoms with van der Waals surface area (Å²) in [6.45, 7) is 3.85. The van der Waals surface area contributed by atoms with Crippen LogP contribution in [0.2, 0.25) is 0 Å². The quantitative estimate of drug-likeness (QED) is 0.392. The summed E-state index contributed by atoms with van der Waals surface area (Å²) in [7, 11) is 0. The standard InChI is InChI=1S/C23H20F2N4O4/c1-3-26-22(31)13-8-10-14(11-9-13)27-21-19(23(32)33-4-2)17(12-30)28-20(29-21)18-15(24)6-5-7-16(18)25/h5-12H,3-4H2,1-2H3,(H,26,31)(H,27,28,29). The Kier molecular flexibility index (Phi) is 7.39. The second-order valence-electron chi connectivity index (χ2n) is 6.65. The predicted molar refractivity (Wildman–Crippen MR) is 116 cm³/mol. The summed E-state index contributed by atoms with van der Waals surface area (Å²) in [5.74, 6) is -3.64. The van der Waals surface area contributed by atoms with Crippen LogP contribution in [0.1, 0.15) is 45.1 Å². The Bertz CT molecular complexity index is 1180. The van der Waals surface area contributed by atoms with E-state index in [9.17, 15) is 23.2 Å². The summed E-state index contributed by atoms with van der Waals surface area (Å²) >= 11 is 0. The van der Waals surface area contributed by atoms with Gasteiger partial charge in [0, 0.05) is 17.8 Å². The summed E-state index contributed by atoms with van der Waals surface area (Å²) in [5, 5.41) is 5.52. The lowest BCUT2D eigenvalue weighted by Gasteiger charge is -2.14. The van der Waals surface area contributed by atoms with Crippen LogP contribution in [-0.4, -0.2) is 41.3 Å². The molecule has 170 valence electrons. The van der Waals surface area contributed by atoms with E-state index < -0.39 is 34.7 Å². The topological polar surface area (TPSA) is 110 Å². The van der Waals surface area contributed by atoms with Gasteiger partial charge in [-0.15, -0.1) is 0 Å². The monoisotopic (exact) mass is 454 g/mol. The number of esters is 1. The van der Waals surface area contributed by atoms with Gasteiger partial charge >= 0.3 is 5.97 Å². The first-order valence-electron chi connectivity index (χ1n) is 10.0. The highest BCUT2D eigenvalue weighted by Crippen LogP contribution is 2.28. The third-order valence-corrected chi connectivity index (χ3v) is 4.46. The number of carbonyl (C=O) groups is 3. The number of carbonyl (C=O) groups excluding carboxylic acids is 3. The maximum atomic E-state index is 14.3. The Morgan fingerprint density at radius 2 is 1.70 bits per heavy atom. The van der Waals surface area contributed by atoms with Crippen LogP contribution in [0.5, 0.6) is 0 Å². The number of aromatic nitrogens is 2. The van der Waals surface area contributed by atoms with Gasteiger partial charge in [0.15, 0.2) is 12.1 Å². The van der Waals surface area contributed by atoms with E-state index in [0.717, 1.165) is 12.1 Å². The van der Waals surface area contributed by atoms with Crippen molar-refractivity contribution in [2.75, 3.05) is 18.5 Å². The lowest BCUT2D eigenvalue weighted by molar-refractivity contribution is 0.0524. The average Bonchev–Trinajstić information content (AvgIpc) is 2.79. The Balaban J connectivity index is 2.12. The number of amides is 1. The molecule has 0 aliphatic heterocycles. The zero-order valence-electron chi connectivity index (χ0n) is 17.8. The first kappa shape index (κ1) is 23.5. The Morgan fingerprint density at radius 3 is 2.27 bits per heavy atom. The highest BCUT2D eigenvalue weighted by molar-refractivity contribution is 6.02. The van der Waals surface area contributed by atoms with Crippen LogP contribution in [-0.2, 0) is 4.74 Å². The average molecular weight is 454 g/mol. The number of aldehydes is 1. The van der Waals surface area contributed by atoms with Crippen molar-refractivity contribution < 1.29 is 27.9 Å². The van der Waals surface area contributed by atoms with Crippen LogP contribution in [0, 0.1) is 11.6 Å². The van der Waals surface area contributed by atoms with E-state index in [2.05, 4.69) is 20.6 Å². The summed E-state index contributed by atoms with van der Waals surface area (Å²) in [6, 6.07) is 9.39. The van der Waals surface area contributed by atoms with Gasteiger partial charge in [-0.25, -0.2) is 23.5 Å². The number of nitrogens with zero attached hydrogens (tertiary/aromatic N) is 2. The van der Waals surface area contributed by atoms with Gasteiger partial charge in [-0.2, -0.15) is 0 Å². The van der Waals surface area contributed by atoms with Gasteiger partial charge in [-0.05, 0) is 50.2 Å². The molecule has 10 heteroatoms. The minimum atomic E-state index is -0.937. The minimum absolute atomic E-state index is 0.0154. The van der Waals surface area contributed by atoms with Crippen molar-refractivity contribution in [1.82, 2.24) is 15.3 Å². The third-order valence-electron chi connectivity index (χ3n) is 4.46. The molecule has 0 saturated heterocycles. The molecular weight excluding hydrogens is 434 g/mol. The normalized spacial score (nSPS) is 10.4. The maximum absolute atomic E-state index is 14.3. The molecule has 1 aromatic heterocycles. The molecule has 1 heterocycles. The van der Waals surface area contributed by atoms with E-state index in [4.69, 9.17) is 4.74 Å². The fraction of sp³-hybridized carbons (Fsp3) is 0.174. The van der Waals surface area contributed by atoms with Crippen molar-refractivity contribution in [3.05, 3.63) is 70.9 Å². The van der Waals surface area contributed by atoms with Crippen LogP contribution < -0.4 is 10.6 Å². The Labute approximate surface area is 188 Å². The number of hydrogen-bond donors (Lipinski definition) is 2. The number of hydrogen-bond acceptors (Lipinski definition) is 7. The molecule has 0 spiro atoms. The molecule has 1 amide bonds. The van der Waals surface area contributed by atoms with Crippen molar-refractivity contribution in [2.24, 2.45) is 0 Å². The highest BCUT2D eigenvalue weighted by Gasteiger charge is 2.25. The number of benzene rings is 2. The van der Waals surface area contributed by atoms with Gasteiger partial charge in [-0.3, -0.25) is 9.59 Å². The Morgan fingerprint density at radius 1 is 1.03 bits per heavy atom. The maximum Gasteiger partial charge on any atom is 0.344 e. The zero-order valence-corrected chi connectivity index (χ0v) is 17.8. The molecule has 2 N–H and O–H groups in total. The van der Waals surface area contributed by atoms with Crippen molar-refractivity contribution in [2.45, 2.75) is 13.8 Å². The first-order chi connectivity index (χ1) is 15.9. The molecule has 2 aromatic carbocycles. The molecule has 8 nitrogen and oxygen atoms in total. The fourth-order valence-corrected chi connectivity index (χ4v) is 2.99. The Hall–Kier alpha value is -4.21.